The highest BCUT2D eigenvalue weighted by molar-refractivity contribution is 6.71. The fraction of sp³-hybridized carbons (Fsp3) is 0.611. The van der Waals surface area contributed by atoms with Gasteiger partial charge in [-0.3, -0.25) is 4.79 Å². The third-order valence-corrected chi connectivity index (χ3v) is 5.13. The molecule has 4 heteroatoms. The fourth-order valence-corrected chi connectivity index (χ4v) is 2.81. The molecule has 0 aliphatic heterocycles. The Morgan fingerprint density at radius 1 is 1.27 bits per heavy atom. The third-order valence-electron chi connectivity index (χ3n) is 2.93. The van der Waals surface area contributed by atoms with Crippen molar-refractivity contribution in [3.05, 3.63) is 25.3 Å². The highest BCUT2D eigenvalue weighted by atomic mass is 28.4. The van der Waals surface area contributed by atoms with Gasteiger partial charge in [0, 0.05) is 0 Å². The van der Waals surface area contributed by atoms with E-state index in [0.29, 0.717) is 13.0 Å². The van der Waals surface area contributed by atoms with E-state index in [1.54, 1.807) is 6.08 Å². The summed E-state index contributed by atoms with van der Waals surface area (Å²) in [6, 6.07) is 0.896. The minimum atomic E-state index is -1.71. The zero-order chi connectivity index (χ0) is 17.2. The van der Waals surface area contributed by atoms with Crippen LogP contribution in [-0.4, -0.2) is 27.0 Å². The van der Waals surface area contributed by atoms with E-state index in [0.717, 1.165) is 12.5 Å². The van der Waals surface area contributed by atoms with Crippen molar-refractivity contribution >= 4 is 14.3 Å². The van der Waals surface area contributed by atoms with Crippen molar-refractivity contribution in [2.45, 2.75) is 58.9 Å². The Kier molecular flexibility index (Phi) is 9.08. The van der Waals surface area contributed by atoms with Gasteiger partial charge in [-0.2, -0.15) is 0 Å². The molecule has 0 saturated carbocycles. The Hall–Kier alpha value is -1.31. The minimum Gasteiger partial charge on any atom is -0.449 e. The summed E-state index contributed by atoms with van der Waals surface area (Å²) >= 11 is 0. The van der Waals surface area contributed by atoms with Gasteiger partial charge in [0.2, 0.25) is 0 Å². The van der Waals surface area contributed by atoms with E-state index < -0.39 is 19.8 Å². The number of carbonyl (C=O) groups excluding carboxylic acids is 1. The van der Waals surface area contributed by atoms with Gasteiger partial charge in [-0.1, -0.05) is 24.0 Å². The van der Waals surface area contributed by atoms with Crippen molar-refractivity contribution in [2.24, 2.45) is 5.41 Å². The van der Waals surface area contributed by atoms with Gasteiger partial charge in [0.1, 0.15) is 0 Å². The first-order valence-corrected chi connectivity index (χ1v) is 10.8. The van der Waals surface area contributed by atoms with E-state index in [9.17, 15) is 4.79 Å². The number of hydrogen-bond donors (Lipinski definition) is 0. The zero-order valence-electron chi connectivity index (χ0n) is 14.7. The SMILES string of the molecule is C=CCCC(C#CCO[Si](C)(C)CC=C)OC(=O)C(C)(C)C. The second-order valence-electron chi connectivity index (χ2n) is 6.87. The molecule has 0 aliphatic rings. The van der Waals surface area contributed by atoms with Crippen LogP contribution < -0.4 is 0 Å². The molecule has 0 aromatic heterocycles. The van der Waals surface area contributed by atoms with Crippen molar-refractivity contribution in [1.82, 2.24) is 0 Å². The Morgan fingerprint density at radius 2 is 1.91 bits per heavy atom. The Morgan fingerprint density at radius 3 is 2.41 bits per heavy atom. The molecule has 3 nitrogen and oxygen atoms in total. The maximum atomic E-state index is 12.0. The lowest BCUT2D eigenvalue weighted by atomic mass is 9.97. The van der Waals surface area contributed by atoms with Gasteiger partial charge in [-0.25, -0.2) is 0 Å². The smallest absolute Gasteiger partial charge is 0.312 e. The lowest BCUT2D eigenvalue weighted by Crippen LogP contribution is -2.29. The van der Waals surface area contributed by atoms with Gasteiger partial charge in [0.25, 0.3) is 0 Å². The van der Waals surface area contributed by atoms with Crippen LogP contribution in [0.3, 0.4) is 0 Å². The van der Waals surface area contributed by atoms with Crippen LogP contribution in [0.25, 0.3) is 0 Å². The highest BCUT2D eigenvalue weighted by Crippen LogP contribution is 2.17. The molecule has 0 radical (unpaired) electrons. The molecule has 0 aromatic carbocycles. The molecule has 0 rings (SSSR count). The molecule has 0 N–H and O–H groups in total. The maximum absolute atomic E-state index is 12.0. The average molecular weight is 323 g/mol. The number of rotatable bonds is 8. The summed E-state index contributed by atoms with van der Waals surface area (Å²) < 4.78 is 11.3. The Bertz CT molecular complexity index is 435. The summed E-state index contributed by atoms with van der Waals surface area (Å²) in [7, 11) is -1.71. The second kappa shape index (κ2) is 9.65. The molecule has 0 saturated heterocycles. The Balaban J connectivity index is 4.60. The predicted octanol–water partition coefficient (Wildman–Crippen LogP) is 4.32. The van der Waals surface area contributed by atoms with Crippen molar-refractivity contribution in [3.8, 4) is 11.8 Å². The molecule has 0 spiro atoms. The van der Waals surface area contributed by atoms with Crippen molar-refractivity contribution in [1.29, 1.82) is 0 Å². The van der Waals surface area contributed by atoms with Gasteiger partial charge >= 0.3 is 5.97 Å². The van der Waals surface area contributed by atoms with Crippen molar-refractivity contribution < 1.29 is 14.0 Å². The molecule has 22 heavy (non-hydrogen) atoms. The van der Waals surface area contributed by atoms with Crippen LogP contribution in [0.1, 0.15) is 33.6 Å². The molecular formula is C18H30O3Si. The summed E-state index contributed by atoms with van der Waals surface area (Å²) in [4.78, 5) is 12.0. The summed E-state index contributed by atoms with van der Waals surface area (Å²) in [5.74, 6) is 5.75. The van der Waals surface area contributed by atoms with E-state index >= 15 is 0 Å². The fourth-order valence-electron chi connectivity index (χ4n) is 1.53. The molecule has 1 atom stereocenters. The van der Waals surface area contributed by atoms with Crippen LogP contribution in [0, 0.1) is 17.3 Å². The molecule has 1 unspecified atom stereocenters. The molecular weight excluding hydrogens is 292 g/mol. The molecule has 0 fully saturated rings. The van der Waals surface area contributed by atoms with Crippen LogP contribution in [0.15, 0.2) is 25.3 Å². The van der Waals surface area contributed by atoms with E-state index in [2.05, 4.69) is 38.1 Å². The highest BCUT2D eigenvalue weighted by Gasteiger charge is 2.25. The number of esters is 1. The van der Waals surface area contributed by atoms with Gasteiger partial charge in [-0.05, 0) is 52.8 Å². The van der Waals surface area contributed by atoms with Crippen LogP contribution in [0.2, 0.25) is 19.1 Å². The second-order valence-corrected chi connectivity index (χ2v) is 11.1. The lowest BCUT2D eigenvalue weighted by Gasteiger charge is -2.20. The molecule has 0 aromatic rings. The van der Waals surface area contributed by atoms with Crippen LogP contribution in [0.5, 0.6) is 0 Å². The maximum Gasteiger partial charge on any atom is 0.312 e. The lowest BCUT2D eigenvalue weighted by molar-refractivity contribution is -0.156. The minimum absolute atomic E-state index is 0.238. The summed E-state index contributed by atoms with van der Waals surface area (Å²) in [5.41, 5.74) is -0.524. The van der Waals surface area contributed by atoms with Gasteiger partial charge in [-0.15, -0.1) is 13.2 Å². The number of ether oxygens (including phenoxy) is 1. The third kappa shape index (κ3) is 9.59. The first kappa shape index (κ1) is 20.7. The first-order chi connectivity index (χ1) is 10.1. The molecule has 124 valence electrons. The van der Waals surface area contributed by atoms with E-state index in [-0.39, 0.29) is 5.97 Å². The monoisotopic (exact) mass is 322 g/mol. The number of carbonyl (C=O) groups is 1. The van der Waals surface area contributed by atoms with Crippen LogP contribution in [0.4, 0.5) is 0 Å². The normalized spacial score (nSPS) is 12.8. The van der Waals surface area contributed by atoms with Gasteiger partial charge in [0.15, 0.2) is 14.4 Å². The summed E-state index contributed by atoms with van der Waals surface area (Å²) in [6.45, 7) is 17.6. The Labute approximate surface area is 136 Å². The molecule has 0 heterocycles. The van der Waals surface area contributed by atoms with Crippen molar-refractivity contribution in [2.75, 3.05) is 6.61 Å². The average Bonchev–Trinajstić information content (AvgIpc) is 2.39. The largest absolute Gasteiger partial charge is 0.449 e. The van der Waals surface area contributed by atoms with E-state index in [1.807, 2.05) is 26.8 Å². The molecule has 0 amide bonds. The summed E-state index contributed by atoms with van der Waals surface area (Å²) in [5, 5.41) is 0. The summed E-state index contributed by atoms with van der Waals surface area (Å²) in [6.07, 6.45) is 4.70. The zero-order valence-corrected chi connectivity index (χ0v) is 15.7. The quantitative estimate of drug-likeness (QED) is 0.289. The molecule has 0 aliphatic carbocycles. The van der Waals surface area contributed by atoms with Gasteiger partial charge < -0.3 is 9.16 Å². The van der Waals surface area contributed by atoms with Crippen molar-refractivity contribution in [3.63, 3.8) is 0 Å². The predicted molar refractivity (Wildman–Crippen MR) is 95.0 cm³/mol. The topological polar surface area (TPSA) is 35.5 Å². The van der Waals surface area contributed by atoms with Crippen LogP contribution >= 0.6 is 0 Å². The number of allylic oxidation sites excluding steroid dienone is 2. The first-order valence-electron chi connectivity index (χ1n) is 7.67. The van der Waals surface area contributed by atoms with Crippen LogP contribution in [-0.2, 0) is 14.0 Å². The van der Waals surface area contributed by atoms with Gasteiger partial charge in [0.05, 0.1) is 12.0 Å². The van der Waals surface area contributed by atoms with E-state index in [1.165, 1.54) is 0 Å². The molecule has 0 bridgehead atoms. The standard InChI is InChI=1S/C18H30O3Si/c1-8-10-12-16(21-17(19)18(3,4)5)13-11-14-20-22(6,7)15-9-2/h8-9,16H,1-2,10,12,14-15H2,3-7H3. The number of hydrogen-bond acceptors (Lipinski definition) is 3. The van der Waals surface area contributed by atoms with E-state index in [4.69, 9.17) is 9.16 Å².